The fraction of sp³-hybridized carbons (Fsp3) is 0.318. The Labute approximate surface area is 199 Å². The molecule has 0 saturated carbocycles. The van der Waals surface area contributed by atoms with Gasteiger partial charge in [0.2, 0.25) is 5.91 Å². The lowest BCUT2D eigenvalue weighted by Crippen LogP contribution is -2.44. The molecule has 3 rings (SSSR count). The number of benzene rings is 2. The number of carbonyl (C=O) groups is 1. The highest BCUT2D eigenvalue weighted by molar-refractivity contribution is 6.31. The van der Waals surface area contributed by atoms with Crippen LogP contribution in [0, 0.1) is 10.1 Å². The minimum absolute atomic E-state index is 0.0241. The number of carbonyl (C=O) groups excluding carboxylic acids is 1. The third-order valence-corrected chi connectivity index (χ3v) is 5.44. The summed E-state index contributed by atoms with van der Waals surface area (Å²) >= 11 is 6.12. The van der Waals surface area contributed by atoms with Crippen molar-refractivity contribution in [3.63, 3.8) is 0 Å². The zero-order chi connectivity index (χ0) is 24.8. The molecule has 1 amide bonds. The summed E-state index contributed by atoms with van der Waals surface area (Å²) in [5.41, 5.74) is 0.755. The molecule has 2 aromatic carbocycles. The topological polar surface area (TPSA) is 97.2 Å². The molecule has 12 heteroatoms. The summed E-state index contributed by atoms with van der Waals surface area (Å²) < 4.78 is 34.5. The Morgan fingerprint density at radius 2 is 1.91 bits per heavy atom. The van der Waals surface area contributed by atoms with Gasteiger partial charge in [-0.3, -0.25) is 14.9 Å². The molecule has 2 aromatic rings. The highest BCUT2D eigenvalue weighted by Gasteiger charge is 2.21. The van der Waals surface area contributed by atoms with Gasteiger partial charge in [0, 0.05) is 37.3 Å². The second-order valence-electron chi connectivity index (χ2n) is 7.47. The number of amides is 1. The van der Waals surface area contributed by atoms with E-state index in [2.05, 4.69) is 19.9 Å². The van der Waals surface area contributed by atoms with Crippen molar-refractivity contribution in [3.8, 4) is 11.5 Å². The van der Waals surface area contributed by atoms with Crippen LogP contribution in [0.3, 0.4) is 0 Å². The van der Waals surface area contributed by atoms with Gasteiger partial charge in [-0.15, -0.1) is 0 Å². The van der Waals surface area contributed by atoms with Gasteiger partial charge in [-0.2, -0.15) is 8.78 Å². The van der Waals surface area contributed by atoms with Crippen LogP contribution in [-0.2, 0) is 4.79 Å². The van der Waals surface area contributed by atoms with E-state index in [-0.39, 0.29) is 11.3 Å². The number of nitrogens with one attached hydrogen (secondary N) is 1. The van der Waals surface area contributed by atoms with Crippen LogP contribution >= 0.6 is 11.6 Å². The van der Waals surface area contributed by atoms with E-state index < -0.39 is 28.9 Å². The number of nitro benzene ring substituents is 1. The maximum Gasteiger partial charge on any atom is 0.387 e. The van der Waals surface area contributed by atoms with Crippen LogP contribution < -0.4 is 19.7 Å². The van der Waals surface area contributed by atoms with Crippen molar-refractivity contribution in [1.82, 2.24) is 4.90 Å². The van der Waals surface area contributed by atoms with E-state index in [0.29, 0.717) is 10.7 Å². The number of methoxy groups -OCH3 is 1. The van der Waals surface area contributed by atoms with Gasteiger partial charge in [0.15, 0.2) is 11.5 Å². The molecule has 0 aliphatic carbocycles. The number of hydrogen-bond acceptors (Lipinski definition) is 7. The normalized spacial score (nSPS) is 14.5. The molecule has 1 fully saturated rings. The predicted octanol–water partition coefficient (Wildman–Crippen LogP) is 4.26. The Balaban J connectivity index is 1.84. The van der Waals surface area contributed by atoms with E-state index in [1.807, 2.05) is 13.1 Å². The van der Waals surface area contributed by atoms with Gasteiger partial charge in [0.05, 0.1) is 35.0 Å². The lowest BCUT2D eigenvalue weighted by molar-refractivity contribution is -0.385. The monoisotopic (exact) mass is 496 g/mol. The number of hydrogen-bond donors (Lipinski definition) is 1. The number of piperazine rings is 1. The summed E-state index contributed by atoms with van der Waals surface area (Å²) in [5, 5.41) is 14.6. The summed E-state index contributed by atoms with van der Waals surface area (Å²) in [4.78, 5) is 27.6. The minimum Gasteiger partial charge on any atom is -0.493 e. The number of ether oxygens (including phenoxy) is 2. The van der Waals surface area contributed by atoms with Crippen molar-refractivity contribution < 1.29 is 28.0 Å². The molecule has 9 nitrogen and oxygen atoms in total. The minimum atomic E-state index is -3.19. The first-order valence-corrected chi connectivity index (χ1v) is 10.6. The number of likely N-dealkylation sites (N-methyl/N-ethyl adjacent to an activating group) is 1. The number of anilines is 2. The fourth-order valence-electron chi connectivity index (χ4n) is 3.48. The second-order valence-corrected chi connectivity index (χ2v) is 7.91. The molecule has 0 unspecified atom stereocenters. The van der Waals surface area contributed by atoms with E-state index in [1.54, 1.807) is 12.1 Å². The zero-order valence-corrected chi connectivity index (χ0v) is 19.2. The first kappa shape index (κ1) is 25.2. The first-order valence-electron chi connectivity index (χ1n) is 10.2. The third-order valence-electron chi connectivity index (χ3n) is 5.20. The Morgan fingerprint density at radius 1 is 1.21 bits per heavy atom. The first-order chi connectivity index (χ1) is 16.2. The van der Waals surface area contributed by atoms with E-state index in [0.717, 1.165) is 50.1 Å². The van der Waals surface area contributed by atoms with Gasteiger partial charge in [0.25, 0.3) is 5.69 Å². The van der Waals surface area contributed by atoms with Crippen molar-refractivity contribution >= 4 is 40.6 Å². The standard InChI is InChI=1S/C22H23ClF2N4O5/c1-27-7-9-28(10-8-27)17-5-4-15(23)12-16(17)26-21(30)6-3-14-11-19(33-2)20(34-22(24)25)13-18(14)29(31)32/h3-6,11-13,22H,7-10H2,1-2H3,(H,26,30)/b6-3+. The van der Waals surface area contributed by atoms with Gasteiger partial charge in [-0.25, -0.2) is 0 Å². The molecule has 182 valence electrons. The number of alkyl halides is 2. The molecular formula is C22H23ClF2N4O5. The Bertz CT molecular complexity index is 1090. The maximum atomic E-state index is 12.6. The number of halogens is 3. The molecule has 0 spiro atoms. The molecular weight excluding hydrogens is 474 g/mol. The van der Waals surface area contributed by atoms with Crippen LogP contribution in [0.1, 0.15) is 5.56 Å². The van der Waals surface area contributed by atoms with Crippen LogP contribution in [0.25, 0.3) is 6.08 Å². The predicted molar refractivity (Wildman–Crippen MR) is 125 cm³/mol. The third kappa shape index (κ3) is 6.33. The molecule has 1 N–H and O–H groups in total. The lowest BCUT2D eigenvalue weighted by atomic mass is 10.1. The van der Waals surface area contributed by atoms with E-state index in [1.165, 1.54) is 13.2 Å². The van der Waals surface area contributed by atoms with Crippen molar-refractivity contribution in [2.75, 3.05) is 50.6 Å². The SMILES string of the molecule is COc1cc(/C=C/C(=O)Nc2cc(Cl)ccc2N2CCN(C)CC2)c([N+](=O)[O-])cc1OC(F)F. The van der Waals surface area contributed by atoms with Crippen molar-refractivity contribution in [2.45, 2.75) is 6.61 Å². The smallest absolute Gasteiger partial charge is 0.387 e. The number of rotatable bonds is 8. The number of nitro groups is 1. The van der Waals surface area contributed by atoms with Crippen molar-refractivity contribution in [1.29, 1.82) is 0 Å². The molecule has 0 bridgehead atoms. The highest BCUT2D eigenvalue weighted by atomic mass is 35.5. The van der Waals surface area contributed by atoms with Crippen LogP contribution in [0.5, 0.6) is 11.5 Å². The van der Waals surface area contributed by atoms with Crippen molar-refractivity contribution in [3.05, 3.63) is 57.1 Å². The average Bonchev–Trinajstić information content (AvgIpc) is 2.78. The second kappa shape index (κ2) is 11.1. The van der Waals surface area contributed by atoms with Gasteiger partial charge >= 0.3 is 6.61 Å². The summed E-state index contributed by atoms with van der Waals surface area (Å²) in [7, 11) is 3.24. The molecule has 1 aliphatic heterocycles. The Morgan fingerprint density at radius 3 is 2.53 bits per heavy atom. The molecule has 0 radical (unpaired) electrons. The molecule has 1 aliphatic rings. The quantitative estimate of drug-likeness (QED) is 0.331. The van der Waals surface area contributed by atoms with E-state index in [4.69, 9.17) is 16.3 Å². The van der Waals surface area contributed by atoms with E-state index in [9.17, 15) is 23.7 Å². The van der Waals surface area contributed by atoms with Gasteiger partial charge < -0.3 is 24.6 Å². The molecule has 1 heterocycles. The summed E-state index contributed by atoms with van der Waals surface area (Å²) in [6.07, 6.45) is 2.30. The van der Waals surface area contributed by atoms with Crippen LogP contribution in [-0.4, -0.2) is 62.7 Å². The zero-order valence-electron chi connectivity index (χ0n) is 18.5. The van der Waals surface area contributed by atoms with Crippen LogP contribution in [0.4, 0.5) is 25.8 Å². The largest absolute Gasteiger partial charge is 0.493 e. The molecule has 1 saturated heterocycles. The summed E-state index contributed by atoms with van der Waals surface area (Å²) in [5.74, 6) is -1.18. The molecule has 0 aromatic heterocycles. The molecule has 0 atom stereocenters. The maximum absolute atomic E-state index is 12.6. The van der Waals surface area contributed by atoms with Crippen molar-refractivity contribution in [2.24, 2.45) is 0 Å². The number of nitrogens with zero attached hydrogens (tertiary/aromatic N) is 3. The van der Waals surface area contributed by atoms with Crippen LogP contribution in [0.2, 0.25) is 5.02 Å². The average molecular weight is 497 g/mol. The molecule has 34 heavy (non-hydrogen) atoms. The summed E-state index contributed by atoms with van der Waals surface area (Å²) in [6, 6.07) is 7.16. The fourth-order valence-corrected chi connectivity index (χ4v) is 3.65. The summed E-state index contributed by atoms with van der Waals surface area (Å²) in [6.45, 7) is 0.0957. The van der Waals surface area contributed by atoms with Crippen LogP contribution in [0.15, 0.2) is 36.4 Å². The van der Waals surface area contributed by atoms with Gasteiger partial charge in [-0.1, -0.05) is 11.6 Å². The van der Waals surface area contributed by atoms with Gasteiger partial charge in [-0.05, 0) is 37.4 Å². The Kier molecular flexibility index (Phi) is 8.24. The highest BCUT2D eigenvalue weighted by Crippen LogP contribution is 2.36. The Hall–Kier alpha value is -3.44. The van der Waals surface area contributed by atoms with Gasteiger partial charge in [0.1, 0.15) is 0 Å². The van der Waals surface area contributed by atoms with E-state index >= 15 is 0 Å². The lowest BCUT2D eigenvalue weighted by Gasteiger charge is -2.35.